The van der Waals surface area contributed by atoms with Gasteiger partial charge in [0.2, 0.25) is 0 Å². The molecule has 2 aliphatic carbocycles. The maximum Gasteiger partial charge on any atom is 0.290 e. The minimum absolute atomic E-state index is 0.0409. The zero-order valence-electron chi connectivity index (χ0n) is 8.10. The quantitative estimate of drug-likeness (QED) is 0.627. The molecular formula is C10H13NO3. The second-order valence-corrected chi connectivity index (χ2v) is 4.42. The highest BCUT2D eigenvalue weighted by molar-refractivity contribution is 5.89. The molecule has 0 radical (unpaired) electrons. The second-order valence-electron chi connectivity index (χ2n) is 4.42. The fourth-order valence-corrected chi connectivity index (χ4v) is 3.29. The van der Waals surface area contributed by atoms with E-state index in [2.05, 4.69) is 5.18 Å². The number of ketones is 1. The molecule has 0 aliphatic heterocycles. The van der Waals surface area contributed by atoms with Crippen LogP contribution in [0.1, 0.15) is 26.2 Å². The standard InChI is InChI=1S/C10H13NO3/c1-5(12)8-6-2-3-7(4-6)9(8)10(13)11-14/h6-9H,2-4H2,1H3. The van der Waals surface area contributed by atoms with Crippen LogP contribution in [0.25, 0.3) is 0 Å². The zero-order valence-corrected chi connectivity index (χ0v) is 8.10. The van der Waals surface area contributed by atoms with Crippen molar-refractivity contribution in [2.45, 2.75) is 26.2 Å². The first-order valence-electron chi connectivity index (χ1n) is 5.02. The molecule has 4 nitrogen and oxygen atoms in total. The van der Waals surface area contributed by atoms with Gasteiger partial charge in [-0.05, 0) is 38.0 Å². The molecule has 2 bridgehead atoms. The van der Waals surface area contributed by atoms with Crippen molar-refractivity contribution in [1.29, 1.82) is 0 Å². The van der Waals surface area contributed by atoms with E-state index in [0.29, 0.717) is 5.92 Å². The van der Waals surface area contributed by atoms with Gasteiger partial charge in [-0.15, -0.1) is 4.91 Å². The van der Waals surface area contributed by atoms with Crippen LogP contribution in [-0.4, -0.2) is 11.7 Å². The van der Waals surface area contributed by atoms with Crippen molar-refractivity contribution in [3.05, 3.63) is 4.91 Å². The number of nitroso groups, excluding NO2 is 1. The Labute approximate surface area is 82.0 Å². The molecule has 0 aromatic heterocycles. The van der Waals surface area contributed by atoms with E-state index < -0.39 is 11.8 Å². The van der Waals surface area contributed by atoms with E-state index in [1.54, 1.807) is 0 Å². The third kappa shape index (κ3) is 1.21. The summed E-state index contributed by atoms with van der Waals surface area (Å²) in [4.78, 5) is 32.9. The van der Waals surface area contributed by atoms with Gasteiger partial charge in [0.1, 0.15) is 5.78 Å². The van der Waals surface area contributed by atoms with Crippen LogP contribution in [0.15, 0.2) is 5.18 Å². The summed E-state index contributed by atoms with van der Waals surface area (Å²) < 4.78 is 0. The first kappa shape index (κ1) is 9.49. The van der Waals surface area contributed by atoms with E-state index >= 15 is 0 Å². The van der Waals surface area contributed by atoms with Gasteiger partial charge in [-0.3, -0.25) is 9.59 Å². The zero-order chi connectivity index (χ0) is 10.3. The lowest BCUT2D eigenvalue weighted by Crippen LogP contribution is -2.32. The van der Waals surface area contributed by atoms with E-state index in [1.165, 1.54) is 6.92 Å². The Kier molecular flexibility index (Phi) is 2.21. The Morgan fingerprint density at radius 3 is 2.21 bits per heavy atom. The smallest absolute Gasteiger partial charge is 0.290 e. The third-order valence-electron chi connectivity index (χ3n) is 3.76. The summed E-state index contributed by atoms with van der Waals surface area (Å²) in [5.41, 5.74) is 0. The highest BCUT2D eigenvalue weighted by Gasteiger charge is 2.52. The molecule has 2 aliphatic rings. The number of nitrogens with zero attached hydrogens (tertiary/aromatic N) is 1. The van der Waals surface area contributed by atoms with Crippen LogP contribution >= 0.6 is 0 Å². The van der Waals surface area contributed by atoms with E-state index in [-0.39, 0.29) is 17.6 Å². The molecule has 0 saturated heterocycles. The van der Waals surface area contributed by atoms with Crippen molar-refractivity contribution in [2.24, 2.45) is 28.8 Å². The molecule has 0 heterocycles. The maximum absolute atomic E-state index is 11.4. The second kappa shape index (κ2) is 3.26. The topological polar surface area (TPSA) is 63.6 Å². The molecule has 76 valence electrons. The van der Waals surface area contributed by atoms with Crippen molar-refractivity contribution in [3.8, 4) is 0 Å². The van der Waals surface area contributed by atoms with Crippen molar-refractivity contribution >= 4 is 11.7 Å². The molecule has 4 unspecified atom stereocenters. The van der Waals surface area contributed by atoms with Crippen LogP contribution in [0, 0.1) is 28.6 Å². The van der Waals surface area contributed by atoms with Crippen LogP contribution in [0.4, 0.5) is 0 Å². The van der Waals surface area contributed by atoms with Crippen LogP contribution in [0.5, 0.6) is 0 Å². The predicted octanol–water partition coefficient (Wildman–Crippen LogP) is 1.53. The van der Waals surface area contributed by atoms with Gasteiger partial charge in [0.15, 0.2) is 0 Å². The van der Waals surface area contributed by atoms with Gasteiger partial charge in [0.05, 0.1) is 5.92 Å². The number of amides is 1. The van der Waals surface area contributed by atoms with Crippen molar-refractivity contribution in [2.75, 3.05) is 0 Å². The first-order valence-corrected chi connectivity index (χ1v) is 5.02. The monoisotopic (exact) mass is 195 g/mol. The van der Waals surface area contributed by atoms with Gasteiger partial charge in [-0.2, -0.15) is 0 Å². The van der Waals surface area contributed by atoms with E-state index in [9.17, 15) is 14.5 Å². The first-order chi connectivity index (χ1) is 6.65. The molecule has 4 atom stereocenters. The Morgan fingerprint density at radius 2 is 1.71 bits per heavy atom. The highest BCUT2D eigenvalue weighted by Crippen LogP contribution is 2.52. The average Bonchev–Trinajstić information content (AvgIpc) is 2.74. The summed E-state index contributed by atoms with van der Waals surface area (Å²) in [6, 6.07) is 0. The summed E-state index contributed by atoms with van der Waals surface area (Å²) in [7, 11) is 0. The summed E-state index contributed by atoms with van der Waals surface area (Å²) >= 11 is 0. The van der Waals surface area contributed by atoms with Crippen LogP contribution in [0.2, 0.25) is 0 Å². The molecular weight excluding hydrogens is 182 g/mol. The Balaban J connectivity index is 2.25. The number of carbonyl (C=O) groups is 2. The maximum atomic E-state index is 11.4. The van der Waals surface area contributed by atoms with Gasteiger partial charge in [0.25, 0.3) is 5.91 Å². The minimum atomic E-state index is -0.614. The lowest BCUT2D eigenvalue weighted by molar-refractivity contribution is -0.132. The number of Topliss-reactive ketones (excluding diaryl/α,β-unsaturated/α-hetero) is 1. The van der Waals surface area contributed by atoms with Crippen molar-refractivity contribution in [3.63, 3.8) is 0 Å². The van der Waals surface area contributed by atoms with Crippen molar-refractivity contribution in [1.82, 2.24) is 0 Å². The number of carbonyl (C=O) groups excluding carboxylic acids is 2. The summed E-state index contributed by atoms with van der Waals surface area (Å²) in [6.07, 6.45) is 2.92. The van der Waals surface area contributed by atoms with Crippen molar-refractivity contribution < 1.29 is 9.59 Å². The highest BCUT2D eigenvalue weighted by atomic mass is 16.3. The Bertz CT molecular complexity index is 300. The van der Waals surface area contributed by atoms with Gasteiger partial charge < -0.3 is 0 Å². The molecule has 1 amide bonds. The normalized spacial score (nSPS) is 39.8. The summed E-state index contributed by atoms with van der Waals surface area (Å²) in [5, 5.41) is 2.48. The summed E-state index contributed by atoms with van der Waals surface area (Å²) in [6.45, 7) is 1.51. The van der Waals surface area contributed by atoms with Gasteiger partial charge >= 0.3 is 0 Å². The van der Waals surface area contributed by atoms with E-state index in [0.717, 1.165) is 19.3 Å². The predicted molar refractivity (Wildman–Crippen MR) is 49.3 cm³/mol. The molecule has 2 saturated carbocycles. The fraction of sp³-hybridized carbons (Fsp3) is 0.800. The molecule has 2 rings (SSSR count). The molecule has 0 aromatic carbocycles. The Hall–Kier alpha value is -1.06. The molecule has 4 heteroatoms. The number of hydrogen-bond acceptors (Lipinski definition) is 3. The average molecular weight is 195 g/mol. The molecule has 2 fully saturated rings. The van der Waals surface area contributed by atoms with E-state index in [1.807, 2.05) is 0 Å². The molecule has 0 N–H and O–H groups in total. The fourth-order valence-electron chi connectivity index (χ4n) is 3.29. The van der Waals surface area contributed by atoms with Crippen LogP contribution in [0.3, 0.4) is 0 Å². The Morgan fingerprint density at radius 1 is 1.14 bits per heavy atom. The minimum Gasteiger partial charge on any atom is -0.300 e. The molecule has 14 heavy (non-hydrogen) atoms. The molecule has 0 spiro atoms. The largest absolute Gasteiger partial charge is 0.300 e. The lowest BCUT2D eigenvalue weighted by atomic mass is 9.77. The third-order valence-corrected chi connectivity index (χ3v) is 3.76. The van der Waals surface area contributed by atoms with Gasteiger partial charge in [-0.25, -0.2) is 0 Å². The van der Waals surface area contributed by atoms with Crippen LogP contribution < -0.4 is 0 Å². The van der Waals surface area contributed by atoms with Gasteiger partial charge in [0, 0.05) is 11.1 Å². The lowest BCUT2D eigenvalue weighted by Gasteiger charge is -2.25. The summed E-state index contributed by atoms with van der Waals surface area (Å²) in [5.74, 6) is -0.633. The molecule has 0 aromatic rings. The number of hydrogen-bond donors (Lipinski definition) is 0. The van der Waals surface area contributed by atoms with Crippen LogP contribution in [-0.2, 0) is 9.59 Å². The van der Waals surface area contributed by atoms with Gasteiger partial charge in [-0.1, -0.05) is 0 Å². The SMILES string of the molecule is CC(=O)C1C2CCC(C2)C1C(=O)N=O. The number of fused-ring (bicyclic) bond motifs is 2. The number of rotatable bonds is 2. The van der Waals surface area contributed by atoms with E-state index in [4.69, 9.17) is 0 Å².